The Morgan fingerprint density at radius 3 is 2.95 bits per heavy atom. The van der Waals surface area contributed by atoms with E-state index in [2.05, 4.69) is 23.3 Å². The SMILES string of the molecule is Cc1ccc2nc(NC(=O)C3(CN)CCC3)sc2c1. The van der Waals surface area contributed by atoms with Gasteiger partial charge in [-0.3, -0.25) is 4.79 Å². The van der Waals surface area contributed by atoms with Crippen LogP contribution in [-0.2, 0) is 4.79 Å². The van der Waals surface area contributed by atoms with Crippen LogP contribution in [0.5, 0.6) is 0 Å². The second-order valence-corrected chi connectivity index (χ2v) is 6.31. The molecule has 1 saturated carbocycles. The van der Waals surface area contributed by atoms with Crippen molar-refractivity contribution >= 4 is 32.6 Å². The Morgan fingerprint density at radius 2 is 2.32 bits per heavy atom. The Labute approximate surface area is 116 Å². The average molecular weight is 275 g/mol. The van der Waals surface area contributed by atoms with Gasteiger partial charge >= 0.3 is 0 Å². The highest BCUT2D eigenvalue weighted by Gasteiger charge is 2.43. The number of nitrogens with zero attached hydrogens (tertiary/aromatic N) is 1. The first-order valence-electron chi connectivity index (χ1n) is 6.52. The van der Waals surface area contributed by atoms with Gasteiger partial charge in [0.05, 0.1) is 15.6 Å². The van der Waals surface area contributed by atoms with Crippen molar-refractivity contribution < 1.29 is 4.79 Å². The zero-order chi connectivity index (χ0) is 13.5. The van der Waals surface area contributed by atoms with Gasteiger partial charge in [0.25, 0.3) is 0 Å². The molecular formula is C14H17N3OS. The fourth-order valence-electron chi connectivity index (χ4n) is 2.44. The molecule has 19 heavy (non-hydrogen) atoms. The van der Waals surface area contributed by atoms with Crippen molar-refractivity contribution in [3.8, 4) is 0 Å². The minimum absolute atomic E-state index is 0.0250. The Balaban J connectivity index is 1.83. The summed E-state index contributed by atoms with van der Waals surface area (Å²) in [4.78, 5) is 16.7. The molecule has 0 bridgehead atoms. The first-order valence-corrected chi connectivity index (χ1v) is 7.33. The average Bonchev–Trinajstić information content (AvgIpc) is 2.69. The zero-order valence-corrected chi connectivity index (χ0v) is 11.7. The standard InChI is InChI=1S/C14H17N3OS/c1-9-3-4-10-11(7-9)19-13(16-10)17-12(18)14(8-15)5-2-6-14/h3-4,7H,2,5-6,8,15H2,1H3,(H,16,17,18). The summed E-state index contributed by atoms with van der Waals surface area (Å²) in [5, 5.41) is 3.60. The summed E-state index contributed by atoms with van der Waals surface area (Å²) in [5.41, 5.74) is 7.52. The van der Waals surface area contributed by atoms with Crippen molar-refractivity contribution in [1.29, 1.82) is 0 Å². The Kier molecular flexibility index (Phi) is 3.03. The van der Waals surface area contributed by atoms with Crippen LogP contribution in [0.4, 0.5) is 5.13 Å². The molecule has 2 aromatic rings. The fourth-order valence-corrected chi connectivity index (χ4v) is 3.40. The van der Waals surface area contributed by atoms with E-state index in [0.717, 1.165) is 29.5 Å². The van der Waals surface area contributed by atoms with E-state index < -0.39 is 0 Å². The molecule has 0 unspecified atom stereocenters. The van der Waals surface area contributed by atoms with Crippen LogP contribution in [0.3, 0.4) is 0 Å². The number of fused-ring (bicyclic) bond motifs is 1. The van der Waals surface area contributed by atoms with Crippen LogP contribution in [0.1, 0.15) is 24.8 Å². The molecule has 1 amide bonds. The second kappa shape index (κ2) is 4.58. The van der Waals surface area contributed by atoms with Crippen LogP contribution in [-0.4, -0.2) is 17.4 Å². The van der Waals surface area contributed by atoms with E-state index >= 15 is 0 Å². The van der Waals surface area contributed by atoms with Crippen molar-refractivity contribution in [2.75, 3.05) is 11.9 Å². The predicted octanol–water partition coefficient (Wildman–Crippen LogP) is 2.67. The third-order valence-corrected chi connectivity index (χ3v) is 4.88. The summed E-state index contributed by atoms with van der Waals surface area (Å²) >= 11 is 1.52. The maximum Gasteiger partial charge on any atom is 0.233 e. The monoisotopic (exact) mass is 275 g/mol. The van der Waals surface area contributed by atoms with Crippen LogP contribution >= 0.6 is 11.3 Å². The number of anilines is 1. The third-order valence-electron chi connectivity index (χ3n) is 3.95. The molecule has 1 aromatic heterocycles. The quantitative estimate of drug-likeness (QED) is 0.905. The minimum Gasteiger partial charge on any atom is -0.329 e. The largest absolute Gasteiger partial charge is 0.329 e. The van der Waals surface area contributed by atoms with Gasteiger partial charge in [-0.15, -0.1) is 0 Å². The summed E-state index contributed by atoms with van der Waals surface area (Å²) in [6, 6.07) is 6.10. The predicted molar refractivity (Wildman–Crippen MR) is 78.3 cm³/mol. The van der Waals surface area contributed by atoms with Crippen LogP contribution in [0.25, 0.3) is 10.2 Å². The number of aromatic nitrogens is 1. The van der Waals surface area contributed by atoms with E-state index in [0.29, 0.717) is 11.7 Å². The Bertz CT molecular complexity index is 625. The Hall–Kier alpha value is -1.46. The number of aryl methyl sites for hydroxylation is 1. The fraction of sp³-hybridized carbons (Fsp3) is 0.429. The molecule has 0 atom stereocenters. The van der Waals surface area contributed by atoms with Gasteiger partial charge < -0.3 is 11.1 Å². The summed E-state index contributed by atoms with van der Waals surface area (Å²) in [5.74, 6) is 0.0250. The van der Waals surface area contributed by atoms with E-state index in [4.69, 9.17) is 5.73 Å². The molecule has 4 nitrogen and oxygen atoms in total. The first-order chi connectivity index (χ1) is 9.13. The van der Waals surface area contributed by atoms with Crippen LogP contribution in [0, 0.1) is 12.3 Å². The van der Waals surface area contributed by atoms with Gasteiger partial charge in [0.15, 0.2) is 5.13 Å². The minimum atomic E-state index is -0.353. The molecule has 0 radical (unpaired) electrons. The van der Waals surface area contributed by atoms with Crippen molar-refractivity contribution in [2.45, 2.75) is 26.2 Å². The highest BCUT2D eigenvalue weighted by atomic mass is 32.1. The Morgan fingerprint density at radius 1 is 1.53 bits per heavy atom. The number of thiazole rings is 1. The number of nitrogens with two attached hydrogens (primary N) is 1. The van der Waals surface area contributed by atoms with Crippen molar-refractivity contribution in [2.24, 2.45) is 11.1 Å². The van der Waals surface area contributed by atoms with Gasteiger partial charge in [-0.05, 0) is 37.5 Å². The van der Waals surface area contributed by atoms with Gasteiger partial charge in [-0.25, -0.2) is 4.98 Å². The van der Waals surface area contributed by atoms with Crippen molar-refractivity contribution in [1.82, 2.24) is 4.98 Å². The highest BCUT2D eigenvalue weighted by Crippen LogP contribution is 2.41. The lowest BCUT2D eigenvalue weighted by Gasteiger charge is -2.38. The van der Waals surface area contributed by atoms with Crippen molar-refractivity contribution in [3.05, 3.63) is 23.8 Å². The molecule has 1 aliphatic rings. The second-order valence-electron chi connectivity index (χ2n) is 5.28. The van der Waals surface area contributed by atoms with Gasteiger partial charge in [0.1, 0.15) is 0 Å². The summed E-state index contributed by atoms with van der Waals surface area (Å²) < 4.78 is 1.10. The molecule has 0 saturated heterocycles. The third kappa shape index (κ3) is 2.13. The van der Waals surface area contributed by atoms with E-state index in [9.17, 15) is 4.79 Å². The molecule has 0 aliphatic heterocycles. The smallest absolute Gasteiger partial charge is 0.233 e. The van der Waals surface area contributed by atoms with Crippen LogP contribution in [0.15, 0.2) is 18.2 Å². The summed E-state index contributed by atoms with van der Waals surface area (Å²) in [6.45, 7) is 2.47. The maximum absolute atomic E-state index is 12.3. The number of amides is 1. The lowest BCUT2D eigenvalue weighted by atomic mass is 9.68. The molecule has 3 rings (SSSR count). The van der Waals surface area contributed by atoms with Gasteiger partial charge in [0.2, 0.25) is 5.91 Å². The van der Waals surface area contributed by atoms with E-state index in [1.807, 2.05) is 12.1 Å². The first kappa shape index (κ1) is 12.6. The maximum atomic E-state index is 12.3. The molecule has 1 aliphatic carbocycles. The number of hydrogen-bond acceptors (Lipinski definition) is 4. The number of carbonyl (C=O) groups excluding carboxylic acids is 1. The molecule has 1 heterocycles. The lowest BCUT2D eigenvalue weighted by Crippen LogP contribution is -2.47. The van der Waals surface area contributed by atoms with Crippen LogP contribution in [0.2, 0.25) is 0 Å². The lowest BCUT2D eigenvalue weighted by molar-refractivity contribution is -0.129. The summed E-state index contributed by atoms with van der Waals surface area (Å²) in [6.07, 6.45) is 2.86. The normalized spacial score (nSPS) is 17.2. The van der Waals surface area contributed by atoms with E-state index in [1.54, 1.807) is 0 Å². The molecular weight excluding hydrogens is 258 g/mol. The molecule has 1 fully saturated rings. The van der Waals surface area contributed by atoms with E-state index in [-0.39, 0.29) is 11.3 Å². The zero-order valence-electron chi connectivity index (χ0n) is 10.9. The van der Waals surface area contributed by atoms with Gasteiger partial charge in [-0.1, -0.05) is 23.8 Å². The van der Waals surface area contributed by atoms with Gasteiger partial charge in [0, 0.05) is 6.54 Å². The molecule has 3 N–H and O–H groups in total. The number of hydrogen-bond donors (Lipinski definition) is 2. The van der Waals surface area contributed by atoms with Crippen molar-refractivity contribution in [3.63, 3.8) is 0 Å². The van der Waals surface area contributed by atoms with E-state index in [1.165, 1.54) is 16.9 Å². The van der Waals surface area contributed by atoms with Crippen LogP contribution < -0.4 is 11.1 Å². The molecule has 100 valence electrons. The highest BCUT2D eigenvalue weighted by molar-refractivity contribution is 7.22. The summed E-state index contributed by atoms with van der Waals surface area (Å²) in [7, 11) is 0. The number of nitrogens with one attached hydrogen (secondary N) is 1. The number of rotatable bonds is 3. The molecule has 0 spiro atoms. The molecule has 1 aromatic carbocycles. The number of benzene rings is 1. The molecule has 5 heteroatoms. The van der Waals surface area contributed by atoms with Gasteiger partial charge in [-0.2, -0.15) is 0 Å². The topological polar surface area (TPSA) is 68.0 Å². The number of carbonyl (C=O) groups is 1.